The van der Waals surface area contributed by atoms with Gasteiger partial charge in [-0.1, -0.05) is 36.7 Å². The van der Waals surface area contributed by atoms with E-state index in [0.717, 1.165) is 15.6 Å². The first-order valence-electron chi connectivity index (χ1n) is 10.7. The van der Waals surface area contributed by atoms with Crippen LogP contribution in [0.15, 0.2) is 65.1 Å². The Hall–Kier alpha value is -3.03. The highest BCUT2D eigenvalue weighted by Crippen LogP contribution is 2.30. The van der Waals surface area contributed by atoms with E-state index in [4.69, 9.17) is 21.1 Å². The second kappa shape index (κ2) is 11.9. The summed E-state index contributed by atoms with van der Waals surface area (Å²) in [4.78, 5) is 24.2. The van der Waals surface area contributed by atoms with Crippen LogP contribution >= 0.6 is 27.5 Å². The monoisotopic (exact) mass is 545 g/mol. The predicted octanol–water partition coefficient (Wildman–Crippen LogP) is 6.49. The molecule has 0 aliphatic carbocycles. The fourth-order valence-electron chi connectivity index (χ4n) is 3.38. The van der Waals surface area contributed by atoms with Gasteiger partial charge in [-0.3, -0.25) is 9.59 Å². The number of carboxylic acid groups (broad SMARTS) is 1. The van der Waals surface area contributed by atoms with E-state index < -0.39 is 11.9 Å². The molecule has 34 heavy (non-hydrogen) atoms. The lowest BCUT2D eigenvalue weighted by Crippen LogP contribution is -2.24. The van der Waals surface area contributed by atoms with Crippen LogP contribution in [0.2, 0.25) is 5.02 Å². The molecule has 1 atom stereocenters. The van der Waals surface area contributed by atoms with Gasteiger partial charge in [-0.25, -0.2) is 0 Å². The minimum atomic E-state index is -0.847. The van der Waals surface area contributed by atoms with Crippen molar-refractivity contribution in [2.24, 2.45) is 5.92 Å². The van der Waals surface area contributed by atoms with Crippen LogP contribution in [-0.4, -0.2) is 24.1 Å². The van der Waals surface area contributed by atoms with Crippen molar-refractivity contribution in [1.82, 2.24) is 5.32 Å². The lowest BCUT2D eigenvalue weighted by molar-refractivity contribution is -0.141. The SMILES string of the molecule is CC[C@@H](Cc1ccc(OC)c(C(=O)NCc2ccc(Oc3ccc(Br)c(Cl)c3)cc2)c1)C(=O)O. The molecule has 3 rings (SSSR count). The van der Waals surface area contributed by atoms with Crippen LogP contribution in [0.25, 0.3) is 0 Å². The number of hydrogen-bond donors (Lipinski definition) is 2. The van der Waals surface area contributed by atoms with Gasteiger partial charge in [0, 0.05) is 17.1 Å². The van der Waals surface area contributed by atoms with Crippen LogP contribution in [-0.2, 0) is 17.8 Å². The molecule has 3 aromatic carbocycles. The van der Waals surface area contributed by atoms with Crippen LogP contribution < -0.4 is 14.8 Å². The number of carboxylic acids is 1. The third kappa shape index (κ3) is 6.74. The number of nitrogens with one attached hydrogen (secondary N) is 1. The Morgan fingerprint density at radius 1 is 1.03 bits per heavy atom. The summed E-state index contributed by atoms with van der Waals surface area (Å²) in [6.07, 6.45) is 0.860. The molecule has 3 aromatic rings. The van der Waals surface area contributed by atoms with Gasteiger partial charge in [0.25, 0.3) is 5.91 Å². The molecule has 0 fully saturated rings. The predicted molar refractivity (Wildman–Crippen MR) is 135 cm³/mol. The zero-order valence-corrected chi connectivity index (χ0v) is 21.2. The number of methoxy groups -OCH3 is 1. The van der Waals surface area contributed by atoms with Gasteiger partial charge in [-0.2, -0.15) is 0 Å². The first-order valence-corrected chi connectivity index (χ1v) is 11.9. The highest BCUT2D eigenvalue weighted by Gasteiger charge is 2.18. The molecule has 0 aliphatic heterocycles. The minimum Gasteiger partial charge on any atom is -0.496 e. The van der Waals surface area contributed by atoms with Gasteiger partial charge in [-0.15, -0.1) is 0 Å². The number of aliphatic carboxylic acids is 1. The topological polar surface area (TPSA) is 84.9 Å². The molecular weight excluding hydrogens is 522 g/mol. The van der Waals surface area contributed by atoms with Gasteiger partial charge in [0.2, 0.25) is 0 Å². The molecule has 0 spiro atoms. The van der Waals surface area contributed by atoms with E-state index in [1.807, 2.05) is 43.3 Å². The second-order valence-electron chi connectivity index (χ2n) is 7.69. The fourth-order valence-corrected chi connectivity index (χ4v) is 3.80. The van der Waals surface area contributed by atoms with Crippen LogP contribution in [0.3, 0.4) is 0 Å². The molecule has 0 heterocycles. The number of benzene rings is 3. The van der Waals surface area contributed by atoms with Crippen molar-refractivity contribution in [3.8, 4) is 17.2 Å². The summed E-state index contributed by atoms with van der Waals surface area (Å²) in [6.45, 7) is 2.14. The second-order valence-corrected chi connectivity index (χ2v) is 8.95. The Balaban J connectivity index is 1.64. The fraction of sp³-hybridized carbons (Fsp3) is 0.231. The van der Waals surface area contributed by atoms with Crippen LogP contribution in [0, 0.1) is 5.92 Å². The third-order valence-electron chi connectivity index (χ3n) is 5.34. The molecule has 0 bridgehead atoms. The molecule has 2 N–H and O–H groups in total. The zero-order valence-electron chi connectivity index (χ0n) is 18.8. The van der Waals surface area contributed by atoms with Gasteiger partial charge in [0.15, 0.2) is 0 Å². The number of amides is 1. The summed E-state index contributed by atoms with van der Waals surface area (Å²) >= 11 is 9.45. The van der Waals surface area contributed by atoms with Crippen molar-refractivity contribution >= 4 is 39.4 Å². The van der Waals surface area contributed by atoms with Crippen LogP contribution in [0.4, 0.5) is 0 Å². The van der Waals surface area contributed by atoms with E-state index in [1.165, 1.54) is 7.11 Å². The quantitative estimate of drug-likeness (QED) is 0.304. The summed E-state index contributed by atoms with van der Waals surface area (Å²) < 4.78 is 11.9. The van der Waals surface area contributed by atoms with Gasteiger partial charge in [0.05, 0.1) is 23.6 Å². The van der Waals surface area contributed by atoms with Crippen LogP contribution in [0.1, 0.15) is 34.8 Å². The maximum atomic E-state index is 12.9. The van der Waals surface area contributed by atoms with Crippen molar-refractivity contribution in [2.75, 3.05) is 7.11 Å². The maximum Gasteiger partial charge on any atom is 0.306 e. The van der Waals surface area contributed by atoms with E-state index in [2.05, 4.69) is 21.2 Å². The molecular formula is C26H25BrClNO5. The van der Waals surface area contributed by atoms with Crippen molar-refractivity contribution in [3.63, 3.8) is 0 Å². The standard InChI is InChI=1S/C26H25BrClNO5/c1-3-18(26(31)32)12-17-6-11-24(33-2)21(13-17)25(30)29-15-16-4-7-19(8-5-16)34-20-9-10-22(27)23(28)14-20/h4-11,13-14,18H,3,12,15H2,1-2H3,(H,29,30)(H,31,32)/t18-/m0/s1. The van der Waals surface area contributed by atoms with Gasteiger partial charge in [-0.05, 0) is 76.3 Å². The summed E-state index contributed by atoms with van der Waals surface area (Å²) in [5.41, 5.74) is 2.03. The summed E-state index contributed by atoms with van der Waals surface area (Å²) in [6, 6.07) is 17.9. The summed E-state index contributed by atoms with van der Waals surface area (Å²) in [7, 11) is 1.50. The van der Waals surface area contributed by atoms with E-state index in [9.17, 15) is 14.7 Å². The Kier molecular flexibility index (Phi) is 8.96. The van der Waals surface area contributed by atoms with E-state index in [0.29, 0.717) is 47.2 Å². The Bertz CT molecular complexity index is 1170. The zero-order chi connectivity index (χ0) is 24.7. The minimum absolute atomic E-state index is 0.299. The number of carbonyl (C=O) groups is 2. The van der Waals surface area contributed by atoms with Crippen LogP contribution in [0.5, 0.6) is 17.2 Å². The molecule has 178 valence electrons. The molecule has 1 amide bonds. The molecule has 6 nitrogen and oxygen atoms in total. The lowest BCUT2D eigenvalue weighted by Gasteiger charge is -2.14. The van der Waals surface area contributed by atoms with Crippen molar-refractivity contribution in [3.05, 3.63) is 86.8 Å². The summed E-state index contributed by atoms with van der Waals surface area (Å²) in [5.74, 6) is 0.0491. The van der Waals surface area contributed by atoms with Gasteiger partial charge < -0.3 is 19.9 Å². The first-order chi connectivity index (χ1) is 16.3. The average Bonchev–Trinajstić information content (AvgIpc) is 2.83. The molecule has 0 radical (unpaired) electrons. The van der Waals surface area contributed by atoms with E-state index in [-0.39, 0.29) is 5.91 Å². The smallest absolute Gasteiger partial charge is 0.306 e. The average molecular weight is 547 g/mol. The highest BCUT2D eigenvalue weighted by atomic mass is 79.9. The van der Waals surface area contributed by atoms with E-state index >= 15 is 0 Å². The molecule has 0 saturated carbocycles. The molecule has 0 aliphatic rings. The Labute approximate surface area is 212 Å². The Morgan fingerprint density at radius 3 is 2.32 bits per heavy atom. The molecule has 0 unspecified atom stereocenters. The number of rotatable bonds is 10. The number of ether oxygens (including phenoxy) is 2. The normalized spacial score (nSPS) is 11.5. The molecule has 0 aromatic heterocycles. The highest BCUT2D eigenvalue weighted by molar-refractivity contribution is 9.10. The Morgan fingerprint density at radius 2 is 1.71 bits per heavy atom. The first kappa shape index (κ1) is 25.6. The molecule has 8 heteroatoms. The van der Waals surface area contributed by atoms with Gasteiger partial charge >= 0.3 is 5.97 Å². The van der Waals surface area contributed by atoms with Gasteiger partial charge in [0.1, 0.15) is 17.2 Å². The molecule has 0 saturated heterocycles. The third-order valence-corrected chi connectivity index (χ3v) is 6.57. The number of carbonyl (C=O) groups excluding carboxylic acids is 1. The largest absolute Gasteiger partial charge is 0.496 e. The number of hydrogen-bond acceptors (Lipinski definition) is 4. The maximum absolute atomic E-state index is 12.9. The van der Waals surface area contributed by atoms with E-state index in [1.54, 1.807) is 24.3 Å². The van der Waals surface area contributed by atoms with Crippen molar-refractivity contribution in [1.29, 1.82) is 0 Å². The van der Waals surface area contributed by atoms with Crippen molar-refractivity contribution < 1.29 is 24.2 Å². The number of halogens is 2. The lowest BCUT2D eigenvalue weighted by atomic mass is 9.95. The van der Waals surface area contributed by atoms with Crippen molar-refractivity contribution in [2.45, 2.75) is 26.3 Å². The summed E-state index contributed by atoms with van der Waals surface area (Å²) in [5, 5.41) is 12.8.